The molecule has 0 atom stereocenters. The SMILES string of the molecule is Cc1nc(C)c(Cc2nc(-c3cccnn3)no2)c(=O)[nH]1. The molecule has 0 aliphatic carbocycles. The van der Waals surface area contributed by atoms with E-state index in [4.69, 9.17) is 4.52 Å². The monoisotopic (exact) mass is 284 g/mol. The van der Waals surface area contributed by atoms with Crippen LogP contribution in [0.25, 0.3) is 11.5 Å². The zero-order valence-electron chi connectivity index (χ0n) is 11.5. The van der Waals surface area contributed by atoms with Gasteiger partial charge in [-0.05, 0) is 26.0 Å². The molecule has 8 heteroatoms. The van der Waals surface area contributed by atoms with Crippen molar-refractivity contribution in [3.8, 4) is 11.5 Å². The summed E-state index contributed by atoms with van der Waals surface area (Å²) in [6.45, 7) is 3.51. The van der Waals surface area contributed by atoms with Crippen molar-refractivity contribution < 1.29 is 4.52 Å². The Labute approximate surface area is 119 Å². The van der Waals surface area contributed by atoms with Crippen molar-refractivity contribution >= 4 is 0 Å². The van der Waals surface area contributed by atoms with Gasteiger partial charge < -0.3 is 9.51 Å². The van der Waals surface area contributed by atoms with Crippen molar-refractivity contribution in [3.05, 3.63) is 51.7 Å². The van der Waals surface area contributed by atoms with Crippen LogP contribution in [-0.2, 0) is 6.42 Å². The molecular formula is C13H12N6O2. The third kappa shape index (κ3) is 2.69. The molecule has 0 unspecified atom stereocenters. The highest BCUT2D eigenvalue weighted by Crippen LogP contribution is 2.13. The van der Waals surface area contributed by atoms with Crippen LogP contribution in [0.5, 0.6) is 0 Å². The van der Waals surface area contributed by atoms with E-state index >= 15 is 0 Å². The zero-order valence-corrected chi connectivity index (χ0v) is 11.5. The van der Waals surface area contributed by atoms with Crippen LogP contribution >= 0.6 is 0 Å². The van der Waals surface area contributed by atoms with Gasteiger partial charge in [0.05, 0.1) is 6.42 Å². The molecule has 8 nitrogen and oxygen atoms in total. The first-order valence-electron chi connectivity index (χ1n) is 6.30. The molecule has 0 fully saturated rings. The summed E-state index contributed by atoms with van der Waals surface area (Å²) in [6.07, 6.45) is 1.78. The van der Waals surface area contributed by atoms with Crippen molar-refractivity contribution in [2.24, 2.45) is 0 Å². The second kappa shape index (κ2) is 5.23. The lowest BCUT2D eigenvalue weighted by Gasteiger charge is -2.01. The average molecular weight is 284 g/mol. The number of rotatable bonds is 3. The number of hydrogen-bond acceptors (Lipinski definition) is 7. The van der Waals surface area contributed by atoms with Gasteiger partial charge >= 0.3 is 0 Å². The summed E-state index contributed by atoms with van der Waals surface area (Å²) in [5.41, 5.74) is 1.48. The van der Waals surface area contributed by atoms with Crippen LogP contribution in [0.4, 0.5) is 0 Å². The van der Waals surface area contributed by atoms with Gasteiger partial charge in [-0.1, -0.05) is 5.16 Å². The largest absolute Gasteiger partial charge is 0.339 e. The molecule has 0 aliphatic heterocycles. The number of hydrogen-bond donors (Lipinski definition) is 1. The van der Waals surface area contributed by atoms with E-state index in [1.807, 2.05) is 0 Å². The van der Waals surface area contributed by atoms with Gasteiger partial charge in [-0.2, -0.15) is 10.1 Å². The Bertz CT molecular complexity index is 824. The molecule has 0 amide bonds. The number of aromatic amines is 1. The Morgan fingerprint density at radius 1 is 1.29 bits per heavy atom. The van der Waals surface area contributed by atoms with Gasteiger partial charge in [0.25, 0.3) is 5.56 Å². The fourth-order valence-electron chi connectivity index (χ4n) is 1.96. The Kier molecular flexibility index (Phi) is 3.27. The highest BCUT2D eigenvalue weighted by atomic mass is 16.5. The molecule has 0 bridgehead atoms. The van der Waals surface area contributed by atoms with Gasteiger partial charge in [-0.25, -0.2) is 4.98 Å². The minimum atomic E-state index is -0.195. The number of aromatic nitrogens is 6. The maximum Gasteiger partial charge on any atom is 0.254 e. The molecule has 0 saturated carbocycles. The topological polar surface area (TPSA) is 110 Å². The van der Waals surface area contributed by atoms with Crippen molar-refractivity contribution in [2.45, 2.75) is 20.3 Å². The van der Waals surface area contributed by atoms with E-state index in [1.54, 1.807) is 32.2 Å². The molecule has 3 rings (SSSR count). The fraction of sp³-hybridized carbons (Fsp3) is 0.231. The maximum absolute atomic E-state index is 11.9. The van der Waals surface area contributed by atoms with Gasteiger partial charge in [0.2, 0.25) is 11.7 Å². The summed E-state index contributed by atoms with van der Waals surface area (Å²) < 4.78 is 5.15. The summed E-state index contributed by atoms with van der Waals surface area (Å²) in [5.74, 6) is 1.24. The van der Waals surface area contributed by atoms with E-state index in [-0.39, 0.29) is 12.0 Å². The lowest BCUT2D eigenvalue weighted by Crippen LogP contribution is -2.18. The molecule has 0 aliphatic rings. The van der Waals surface area contributed by atoms with Crippen molar-refractivity contribution in [3.63, 3.8) is 0 Å². The molecule has 3 aromatic heterocycles. The van der Waals surface area contributed by atoms with Crippen LogP contribution in [0, 0.1) is 13.8 Å². The molecule has 0 spiro atoms. The number of H-pyrrole nitrogens is 1. The first kappa shape index (κ1) is 13.1. The standard InChI is InChI=1S/C13H12N6O2/c1-7-9(13(20)16-8(2)15-7)6-11-17-12(19-21-11)10-4-3-5-14-18-10/h3-5H,6H2,1-2H3,(H,15,16,20). The van der Waals surface area contributed by atoms with Crippen LogP contribution in [0.2, 0.25) is 0 Å². The minimum Gasteiger partial charge on any atom is -0.339 e. The van der Waals surface area contributed by atoms with Crippen LogP contribution in [-0.4, -0.2) is 30.3 Å². The number of nitrogens with one attached hydrogen (secondary N) is 1. The quantitative estimate of drug-likeness (QED) is 0.757. The van der Waals surface area contributed by atoms with Gasteiger partial charge in [-0.3, -0.25) is 4.79 Å². The number of aryl methyl sites for hydroxylation is 2. The molecule has 21 heavy (non-hydrogen) atoms. The molecule has 3 heterocycles. The zero-order chi connectivity index (χ0) is 14.8. The lowest BCUT2D eigenvalue weighted by atomic mass is 10.1. The lowest BCUT2D eigenvalue weighted by molar-refractivity contribution is 0.385. The molecule has 0 radical (unpaired) electrons. The van der Waals surface area contributed by atoms with E-state index in [9.17, 15) is 4.79 Å². The average Bonchev–Trinajstić information content (AvgIpc) is 2.92. The summed E-state index contributed by atoms with van der Waals surface area (Å²) in [7, 11) is 0. The fourth-order valence-corrected chi connectivity index (χ4v) is 1.96. The first-order chi connectivity index (χ1) is 10.1. The van der Waals surface area contributed by atoms with Gasteiger partial charge in [-0.15, -0.1) is 5.10 Å². The molecule has 3 aromatic rings. The summed E-state index contributed by atoms with van der Waals surface area (Å²) in [5, 5.41) is 11.5. The maximum atomic E-state index is 11.9. The Hall–Kier alpha value is -2.90. The van der Waals surface area contributed by atoms with Gasteiger partial charge in [0.15, 0.2) is 0 Å². The predicted molar refractivity (Wildman–Crippen MR) is 72.5 cm³/mol. The molecule has 0 saturated heterocycles. The minimum absolute atomic E-state index is 0.195. The van der Waals surface area contributed by atoms with Crippen molar-refractivity contribution in [1.82, 2.24) is 30.3 Å². The van der Waals surface area contributed by atoms with Crippen molar-refractivity contribution in [1.29, 1.82) is 0 Å². The Morgan fingerprint density at radius 3 is 2.86 bits per heavy atom. The Morgan fingerprint density at radius 2 is 2.14 bits per heavy atom. The van der Waals surface area contributed by atoms with E-state index in [0.717, 1.165) is 0 Å². The van der Waals surface area contributed by atoms with Crippen molar-refractivity contribution in [2.75, 3.05) is 0 Å². The van der Waals surface area contributed by atoms with Gasteiger partial charge in [0.1, 0.15) is 11.5 Å². The van der Waals surface area contributed by atoms with Crippen LogP contribution in [0.1, 0.15) is 23.0 Å². The highest BCUT2D eigenvalue weighted by Gasteiger charge is 2.14. The van der Waals surface area contributed by atoms with Crippen LogP contribution < -0.4 is 5.56 Å². The smallest absolute Gasteiger partial charge is 0.254 e. The number of nitrogens with zero attached hydrogens (tertiary/aromatic N) is 5. The molecular weight excluding hydrogens is 272 g/mol. The van der Waals surface area contributed by atoms with E-state index in [2.05, 4.69) is 30.3 Å². The van der Waals surface area contributed by atoms with E-state index in [1.165, 1.54) is 0 Å². The summed E-state index contributed by atoms with van der Waals surface area (Å²) in [6, 6.07) is 3.46. The van der Waals surface area contributed by atoms with E-state index < -0.39 is 0 Å². The molecule has 0 aromatic carbocycles. The van der Waals surface area contributed by atoms with Gasteiger partial charge in [0, 0.05) is 17.5 Å². The van der Waals surface area contributed by atoms with E-state index in [0.29, 0.717) is 34.5 Å². The normalized spacial score (nSPS) is 10.8. The predicted octanol–water partition coefficient (Wildman–Crippen LogP) is 0.818. The summed E-state index contributed by atoms with van der Waals surface area (Å²) in [4.78, 5) is 23.0. The Balaban J connectivity index is 1.91. The third-order valence-corrected chi connectivity index (χ3v) is 2.94. The summed E-state index contributed by atoms with van der Waals surface area (Å²) >= 11 is 0. The van der Waals surface area contributed by atoms with Crippen LogP contribution in [0.3, 0.4) is 0 Å². The highest BCUT2D eigenvalue weighted by molar-refractivity contribution is 5.46. The van der Waals surface area contributed by atoms with Crippen LogP contribution in [0.15, 0.2) is 27.6 Å². The second-order valence-corrected chi connectivity index (χ2v) is 4.51. The molecule has 106 valence electrons. The first-order valence-corrected chi connectivity index (χ1v) is 6.30. The second-order valence-electron chi connectivity index (χ2n) is 4.51. The molecule has 1 N–H and O–H groups in total. The third-order valence-electron chi connectivity index (χ3n) is 2.94.